The van der Waals surface area contributed by atoms with Crippen LogP contribution in [0.1, 0.15) is 31.9 Å². The van der Waals surface area contributed by atoms with Gasteiger partial charge in [-0.25, -0.2) is 4.98 Å². The van der Waals surface area contributed by atoms with Crippen LogP contribution in [0.2, 0.25) is 0 Å². The van der Waals surface area contributed by atoms with Crippen LogP contribution in [0, 0.1) is 6.92 Å². The molecule has 4 nitrogen and oxygen atoms in total. The Labute approximate surface area is 134 Å². The Bertz CT molecular complexity index is 586. The predicted octanol–water partition coefficient (Wildman–Crippen LogP) is 4.89. The Kier molecular flexibility index (Phi) is 5.99. The summed E-state index contributed by atoms with van der Waals surface area (Å²) in [5.74, 6) is 1.49. The van der Waals surface area contributed by atoms with E-state index in [4.69, 9.17) is 0 Å². The lowest BCUT2D eigenvalue weighted by Gasteiger charge is -2.10. The normalized spacial score (nSPS) is 10.4. The van der Waals surface area contributed by atoms with Crippen molar-refractivity contribution in [2.75, 3.05) is 17.2 Å². The van der Waals surface area contributed by atoms with Crippen LogP contribution >= 0.6 is 15.9 Å². The van der Waals surface area contributed by atoms with Gasteiger partial charge in [0, 0.05) is 28.5 Å². The van der Waals surface area contributed by atoms with Crippen LogP contribution in [0.3, 0.4) is 0 Å². The molecule has 0 atom stereocenters. The highest BCUT2D eigenvalue weighted by Crippen LogP contribution is 2.20. The average Bonchev–Trinajstić information content (AvgIpc) is 2.43. The van der Waals surface area contributed by atoms with Crippen LogP contribution in [-0.2, 0) is 0 Å². The van der Waals surface area contributed by atoms with E-state index >= 15 is 0 Å². The smallest absolute Gasteiger partial charge is 0.224 e. The molecule has 0 fully saturated rings. The molecule has 0 spiro atoms. The second-order valence-electron chi connectivity index (χ2n) is 4.99. The number of unbranched alkanes of at least 4 members (excludes halogenated alkanes) is 2. The van der Waals surface area contributed by atoms with E-state index in [1.54, 1.807) is 0 Å². The minimum absolute atomic E-state index is 0.684. The van der Waals surface area contributed by atoms with Crippen molar-refractivity contribution in [3.63, 3.8) is 0 Å². The zero-order chi connectivity index (χ0) is 15.1. The van der Waals surface area contributed by atoms with Crippen LogP contribution in [0.15, 0.2) is 34.8 Å². The molecular formula is C16H21BrN4. The molecule has 0 amide bonds. The quantitative estimate of drug-likeness (QED) is 0.699. The third-order valence-corrected chi connectivity index (χ3v) is 3.51. The lowest BCUT2D eigenvalue weighted by atomic mass is 10.2. The first-order valence-corrected chi connectivity index (χ1v) is 8.09. The molecule has 1 aromatic carbocycles. The van der Waals surface area contributed by atoms with E-state index in [1.807, 2.05) is 37.3 Å². The molecule has 5 heteroatoms. The number of anilines is 3. The summed E-state index contributed by atoms with van der Waals surface area (Å²) in [5, 5.41) is 6.59. The van der Waals surface area contributed by atoms with Crippen LogP contribution in [0.5, 0.6) is 0 Å². The lowest BCUT2D eigenvalue weighted by Crippen LogP contribution is -2.07. The number of hydrogen-bond acceptors (Lipinski definition) is 4. The third-order valence-electron chi connectivity index (χ3n) is 3.01. The fraction of sp³-hybridized carbons (Fsp3) is 0.375. The Morgan fingerprint density at radius 1 is 1.14 bits per heavy atom. The molecule has 2 rings (SSSR count). The number of aryl methyl sites for hydroxylation is 1. The third kappa shape index (κ3) is 5.34. The number of halogens is 1. The fourth-order valence-electron chi connectivity index (χ4n) is 2.00. The first kappa shape index (κ1) is 15.8. The largest absolute Gasteiger partial charge is 0.354 e. The van der Waals surface area contributed by atoms with E-state index in [0.717, 1.165) is 34.6 Å². The van der Waals surface area contributed by atoms with Gasteiger partial charge in [-0.3, -0.25) is 0 Å². The molecule has 0 saturated carbocycles. The van der Waals surface area contributed by atoms with Crippen LogP contribution < -0.4 is 10.6 Å². The topological polar surface area (TPSA) is 49.8 Å². The van der Waals surface area contributed by atoms with Gasteiger partial charge in [0.2, 0.25) is 5.95 Å². The maximum atomic E-state index is 4.51. The molecule has 0 unspecified atom stereocenters. The minimum Gasteiger partial charge on any atom is -0.354 e. The lowest BCUT2D eigenvalue weighted by molar-refractivity contribution is 0.740. The number of benzene rings is 1. The molecule has 0 bridgehead atoms. The summed E-state index contributed by atoms with van der Waals surface area (Å²) in [6, 6.07) is 9.96. The van der Waals surface area contributed by atoms with Crippen molar-refractivity contribution in [2.24, 2.45) is 0 Å². The highest BCUT2D eigenvalue weighted by Gasteiger charge is 2.03. The summed E-state index contributed by atoms with van der Waals surface area (Å²) >= 11 is 3.47. The molecule has 112 valence electrons. The maximum absolute atomic E-state index is 4.51. The molecule has 1 heterocycles. The van der Waals surface area contributed by atoms with Crippen molar-refractivity contribution in [2.45, 2.75) is 33.1 Å². The van der Waals surface area contributed by atoms with E-state index < -0.39 is 0 Å². The Balaban J connectivity index is 2.04. The second kappa shape index (κ2) is 7.98. The van der Waals surface area contributed by atoms with Gasteiger partial charge in [-0.2, -0.15) is 4.98 Å². The van der Waals surface area contributed by atoms with E-state index in [0.29, 0.717) is 5.95 Å². The predicted molar refractivity (Wildman–Crippen MR) is 92.2 cm³/mol. The molecule has 1 aromatic heterocycles. The zero-order valence-electron chi connectivity index (χ0n) is 12.5. The minimum atomic E-state index is 0.684. The van der Waals surface area contributed by atoms with Crippen LogP contribution in [0.25, 0.3) is 0 Å². The van der Waals surface area contributed by atoms with Gasteiger partial charge in [0.25, 0.3) is 0 Å². The Hall–Kier alpha value is -1.62. The summed E-state index contributed by atoms with van der Waals surface area (Å²) in [6.07, 6.45) is 3.58. The standard InChI is InChI=1S/C16H21BrN4/c1-3-4-5-9-18-16-19-12(2)10-15(21-16)20-14-8-6-7-13(17)11-14/h6-8,10-11H,3-5,9H2,1-2H3,(H2,18,19,20,21). The van der Waals surface area contributed by atoms with Gasteiger partial charge < -0.3 is 10.6 Å². The van der Waals surface area contributed by atoms with Gasteiger partial charge in [-0.15, -0.1) is 0 Å². The molecule has 2 aromatic rings. The molecule has 0 saturated heterocycles. The second-order valence-corrected chi connectivity index (χ2v) is 5.90. The molecular weight excluding hydrogens is 328 g/mol. The maximum Gasteiger partial charge on any atom is 0.224 e. The molecule has 0 radical (unpaired) electrons. The van der Waals surface area contributed by atoms with Crippen molar-refractivity contribution >= 4 is 33.4 Å². The Morgan fingerprint density at radius 3 is 2.76 bits per heavy atom. The van der Waals surface area contributed by atoms with Gasteiger partial charge in [-0.05, 0) is 31.5 Å². The summed E-state index contributed by atoms with van der Waals surface area (Å²) in [4.78, 5) is 8.93. The average molecular weight is 349 g/mol. The van der Waals surface area contributed by atoms with E-state index in [-0.39, 0.29) is 0 Å². The molecule has 0 aliphatic heterocycles. The van der Waals surface area contributed by atoms with E-state index in [2.05, 4.69) is 43.5 Å². The summed E-state index contributed by atoms with van der Waals surface area (Å²) in [6.45, 7) is 5.09. The molecule has 21 heavy (non-hydrogen) atoms. The summed E-state index contributed by atoms with van der Waals surface area (Å²) in [5.41, 5.74) is 1.94. The van der Waals surface area contributed by atoms with Crippen molar-refractivity contribution in [3.8, 4) is 0 Å². The number of nitrogens with zero attached hydrogens (tertiary/aromatic N) is 2. The molecule has 2 N–H and O–H groups in total. The van der Waals surface area contributed by atoms with Gasteiger partial charge in [-0.1, -0.05) is 41.8 Å². The highest BCUT2D eigenvalue weighted by molar-refractivity contribution is 9.10. The van der Waals surface area contributed by atoms with Crippen LogP contribution in [-0.4, -0.2) is 16.5 Å². The first-order valence-electron chi connectivity index (χ1n) is 7.29. The molecule has 0 aliphatic carbocycles. The van der Waals surface area contributed by atoms with E-state index in [1.165, 1.54) is 12.8 Å². The van der Waals surface area contributed by atoms with Gasteiger partial charge in [0.15, 0.2) is 0 Å². The van der Waals surface area contributed by atoms with Crippen LogP contribution in [0.4, 0.5) is 17.5 Å². The summed E-state index contributed by atoms with van der Waals surface area (Å²) < 4.78 is 1.04. The highest BCUT2D eigenvalue weighted by atomic mass is 79.9. The number of aromatic nitrogens is 2. The van der Waals surface area contributed by atoms with Gasteiger partial charge in [0.1, 0.15) is 5.82 Å². The van der Waals surface area contributed by atoms with Crippen molar-refractivity contribution in [3.05, 3.63) is 40.5 Å². The summed E-state index contributed by atoms with van der Waals surface area (Å²) in [7, 11) is 0. The van der Waals surface area contributed by atoms with Crippen molar-refractivity contribution in [1.29, 1.82) is 0 Å². The van der Waals surface area contributed by atoms with Crippen molar-refractivity contribution in [1.82, 2.24) is 9.97 Å². The zero-order valence-corrected chi connectivity index (χ0v) is 14.1. The monoisotopic (exact) mass is 348 g/mol. The van der Waals surface area contributed by atoms with Crippen molar-refractivity contribution < 1.29 is 0 Å². The number of rotatable bonds is 7. The van der Waals surface area contributed by atoms with Gasteiger partial charge in [0.05, 0.1) is 0 Å². The SMILES string of the molecule is CCCCCNc1nc(C)cc(Nc2cccc(Br)c2)n1. The fourth-order valence-corrected chi connectivity index (χ4v) is 2.40. The number of hydrogen-bond donors (Lipinski definition) is 2. The van der Waals surface area contributed by atoms with Gasteiger partial charge >= 0.3 is 0 Å². The Morgan fingerprint density at radius 2 is 2.00 bits per heavy atom. The van der Waals surface area contributed by atoms with E-state index in [9.17, 15) is 0 Å². The first-order chi connectivity index (χ1) is 10.2. The number of nitrogens with one attached hydrogen (secondary N) is 2. The molecule has 0 aliphatic rings.